The SMILES string of the molecule is CC1(C)c2cc(N(c3ccccc3)c3cccc4ccccc34)cnc2-c2sc(/C=C/C=C(C#N)C#N)cc21. The van der Waals surface area contributed by atoms with Gasteiger partial charge in [0.1, 0.15) is 17.7 Å². The molecule has 0 amide bonds. The molecule has 1 aliphatic rings. The van der Waals surface area contributed by atoms with Crippen LogP contribution in [0.3, 0.4) is 0 Å². The Morgan fingerprint density at radius 3 is 2.41 bits per heavy atom. The first kappa shape index (κ1) is 24.4. The summed E-state index contributed by atoms with van der Waals surface area (Å²) in [6.45, 7) is 4.50. The summed E-state index contributed by atoms with van der Waals surface area (Å²) in [5, 5.41) is 20.3. The van der Waals surface area contributed by atoms with Gasteiger partial charge in [0.05, 0.1) is 28.1 Å². The Morgan fingerprint density at radius 1 is 0.872 bits per heavy atom. The van der Waals surface area contributed by atoms with Gasteiger partial charge in [0.15, 0.2) is 0 Å². The van der Waals surface area contributed by atoms with E-state index in [1.54, 1.807) is 23.5 Å². The number of thiophene rings is 1. The molecular formula is C34H24N4S. The van der Waals surface area contributed by atoms with Gasteiger partial charge in [-0.3, -0.25) is 4.98 Å². The lowest BCUT2D eigenvalue weighted by Crippen LogP contribution is -2.17. The number of aromatic nitrogens is 1. The highest BCUT2D eigenvalue weighted by atomic mass is 32.1. The molecule has 0 unspecified atom stereocenters. The summed E-state index contributed by atoms with van der Waals surface area (Å²) in [6.07, 6.45) is 7.22. The van der Waals surface area contributed by atoms with E-state index in [0.717, 1.165) is 27.6 Å². The van der Waals surface area contributed by atoms with E-state index in [2.05, 4.69) is 97.6 Å². The first-order valence-electron chi connectivity index (χ1n) is 12.7. The Balaban J connectivity index is 1.46. The van der Waals surface area contributed by atoms with Gasteiger partial charge in [-0.15, -0.1) is 11.3 Å². The fourth-order valence-corrected chi connectivity index (χ4v) is 6.50. The highest BCUT2D eigenvalue weighted by molar-refractivity contribution is 7.16. The van der Waals surface area contributed by atoms with Crippen LogP contribution in [0, 0.1) is 22.7 Å². The second-order valence-corrected chi connectivity index (χ2v) is 11.0. The molecule has 0 fully saturated rings. The molecule has 39 heavy (non-hydrogen) atoms. The van der Waals surface area contributed by atoms with Crippen LogP contribution >= 0.6 is 11.3 Å². The van der Waals surface area contributed by atoms with Gasteiger partial charge in [-0.05, 0) is 59.0 Å². The number of rotatable bonds is 5. The zero-order chi connectivity index (χ0) is 27.0. The number of allylic oxidation sites excluding steroid dienone is 3. The normalized spacial score (nSPS) is 12.9. The van der Waals surface area contributed by atoms with Gasteiger partial charge in [0.25, 0.3) is 0 Å². The number of nitrogens with zero attached hydrogens (tertiary/aromatic N) is 4. The second-order valence-electron chi connectivity index (χ2n) is 9.94. The molecule has 0 spiro atoms. The van der Waals surface area contributed by atoms with Crippen molar-refractivity contribution in [2.45, 2.75) is 19.3 Å². The Labute approximate surface area is 232 Å². The minimum Gasteiger partial charge on any atom is -0.308 e. The van der Waals surface area contributed by atoms with Crippen molar-refractivity contribution in [2.75, 3.05) is 4.90 Å². The van der Waals surface area contributed by atoms with E-state index in [-0.39, 0.29) is 11.0 Å². The first-order valence-corrected chi connectivity index (χ1v) is 13.5. The molecule has 0 bridgehead atoms. The maximum Gasteiger partial charge on any atom is 0.129 e. The highest BCUT2D eigenvalue weighted by Crippen LogP contribution is 2.53. The second kappa shape index (κ2) is 9.72. The van der Waals surface area contributed by atoms with Gasteiger partial charge in [-0.2, -0.15) is 10.5 Å². The van der Waals surface area contributed by atoms with Crippen LogP contribution in [0.1, 0.15) is 29.9 Å². The monoisotopic (exact) mass is 520 g/mol. The number of hydrogen-bond acceptors (Lipinski definition) is 5. The van der Waals surface area contributed by atoms with Gasteiger partial charge in [0, 0.05) is 21.4 Å². The molecule has 5 heteroatoms. The van der Waals surface area contributed by atoms with Gasteiger partial charge >= 0.3 is 0 Å². The van der Waals surface area contributed by atoms with Gasteiger partial charge in [-0.1, -0.05) is 74.5 Å². The van der Waals surface area contributed by atoms with Crippen LogP contribution in [-0.2, 0) is 5.41 Å². The van der Waals surface area contributed by atoms with E-state index in [4.69, 9.17) is 15.5 Å². The van der Waals surface area contributed by atoms with E-state index in [1.807, 2.05) is 30.5 Å². The fraction of sp³-hybridized carbons (Fsp3) is 0.0882. The molecule has 186 valence electrons. The lowest BCUT2D eigenvalue weighted by Gasteiger charge is -2.28. The predicted octanol–water partition coefficient (Wildman–Crippen LogP) is 9.06. The van der Waals surface area contributed by atoms with E-state index in [1.165, 1.54) is 26.8 Å². The number of hydrogen-bond donors (Lipinski definition) is 0. The standard InChI is InChI=1S/C34H24N4S/c1-34(2)29-18-26(22-37-32(29)33-30(34)19-27(39-33)15-8-10-23(20-35)21-36)38(25-13-4-3-5-14-25)31-17-9-12-24-11-6-7-16-28(24)31/h3-19,22H,1-2H3/b15-8+. The van der Waals surface area contributed by atoms with Crippen molar-refractivity contribution in [1.82, 2.24) is 4.98 Å². The van der Waals surface area contributed by atoms with Crippen molar-refractivity contribution in [2.24, 2.45) is 0 Å². The summed E-state index contributed by atoms with van der Waals surface area (Å²) < 4.78 is 0. The van der Waals surface area contributed by atoms with Crippen molar-refractivity contribution in [3.63, 3.8) is 0 Å². The predicted molar refractivity (Wildman–Crippen MR) is 160 cm³/mol. The molecule has 0 N–H and O–H groups in total. The molecular weight excluding hydrogens is 496 g/mol. The third kappa shape index (κ3) is 4.20. The molecule has 0 saturated heterocycles. The average Bonchev–Trinajstić information content (AvgIpc) is 3.49. The topological polar surface area (TPSA) is 63.7 Å². The maximum absolute atomic E-state index is 8.97. The minimum absolute atomic E-state index is 0.0874. The van der Waals surface area contributed by atoms with Crippen LogP contribution in [-0.4, -0.2) is 4.98 Å². The molecule has 0 aliphatic heterocycles. The van der Waals surface area contributed by atoms with E-state index in [0.29, 0.717) is 0 Å². The summed E-state index contributed by atoms with van der Waals surface area (Å²) >= 11 is 1.68. The summed E-state index contributed by atoms with van der Waals surface area (Å²) in [5.41, 5.74) is 6.53. The van der Waals surface area contributed by atoms with Crippen molar-refractivity contribution in [1.29, 1.82) is 10.5 Å². The summed E-state index contributed by atoms with van der Waals surface area (Å²) in [4.78, 5) is 9.57. The Bertz CT molecular complexity index is 1840. The van der Waals surface area contributed by atoms with E-state index in [9.17, 15) is 0 Å². The number of para-hydroxylation sites is 1. The quantitative estimate of drug-likeness (QED) is 0.171. The number of nitriles is 2. The van der Waals surface area contributed by atoms with Crippen LogP contribution in [0.15, 0.2) is 109 Å². The average molecular weight is 521 g/mol. The molecule has 0 saturated carbocycles. The van der Waals surface area contributed by atoms with Crippen molar-refractivity contribution >= 4 is 45.2 Å². The third-order valence-electron chi connectivity index (χ3n) is 7.23. The third-order valence-corrected chi connectivity index (χ3v) is 8.34. The number of fused-ring (bicyclic) bond motifs is 4. The number of pyridine rings is 1. The van der Waals surface area contributed by atoms with E-state index < -0.39 is 0 Å². The molecule has 2 aromatic heterocycles. The largest absolute Gasteiger partial charge is 0.308 e. The van der Waals surface area contributed by atoms with Crippen LogP contribution in [0.4, 0.5) is 17.1 Å². The minimum atomic E-state index is -0.225. The zero-order valence-corrected chi connectivity index (χ0v) is 22.4. The smallest absolute Gasteiger partial charge is 0.129 e. The van der Waals surface area contributed by atoms with E-state index >= 15 is 0 Å². The van der Waals surface area contributed by atoms with Crippen molar-refractivity contribution in [3.05, 3.63) is 125 Å². The summed E-state index contributed by atoms with van der Waals surface area (Å²) in [7, 11) is 0. The Hall–Kier alpha value is -4.97. The van der Waals surface area contributed by atoms with Gasteiger partial charge in [-0.25, -0.2) is 0 Å². The molecule has 6 rings (SSSR count). The molecule has 0 atom stereocenters. The Kier molecular flexibility index (Phi) is 6.08. The molecule has 0 radical (unpaired) electrons. The summed E-state index contributed by atoms with van der Waals surface area (Å²) in [5.74, 6) is 0. The number of benzene rings is 3. The van der Waals surface area contributed by atoms with Gasteiger partial charge in [0.2, 0.25) is 0 Å². The summed E-state index contributed by atoms with van der Waals surface area (Å²) in [6, 6.07) is 33.6. The molecule has 2 heterocycles. The molecule has 4 nitrogen and oxygen atoms in total. The Morgan fingerprint density at radius 2 is 1.62 bits per heavy atom. The van der Waals surface area contributed by atoms with Crippen LogP contribution in [0.2, 0.25) is 0 Å². The maximum atomic E-state index is 8.97. The first-order chi connectivity index (χ1) is 19.0. The van der Waals surface area contributed by atoms with Crippen LogP contribution in [0.5, 0.6) is 0 Å². The molecule has 5 aromatic rings. The zero-order valence-electron chi connectivity index (χ0n) is 21.6. The lowest BCUT2D eigenvalue weighted by atomic mass is 9.83. The van der Waals surface area contributed by atoms with Crippen molar-refractivity contribution < 1.29 is 0 Å². The molecule has 3 aromatic carbocycles. The highest BCUT2D eigenvalue weighted by Gasteiger charge is 2.39. The van der Waals surface area contributed by atoms with Gasteiger partial charge < -0.3 is 4.90 Å². The van der Waals surface area contributed by atoms with Crippen molar-refractivity contribution in [3.8, 4) is 22.7 Å². The van der Waals surface area contributed by atoms with Crippen LogP contribution in [0.25, 0.3) is 27.4 Å². The molecule has 1 aliphatic carbocycles. The lowest BCUT2D eigenvalue weighted by molar-refractivity contribution is 0.660. The van der Waals surface area contributed by atoms with Crippen LogP contribution < -0.4 is 4.90 Å². The number of anilines is 3. The fourth-order valence-electron chi connectivity index (χ4n) is 5.26.